The van der Waals surface area contributed by atoms with Crippen molar-refractivity contribution in [2.75, 3.05) is 13.1 Å². The van der Waals surface area contributed by atoms with Crippen molar-refractivity contribution in [2.24, 2.45) is 0 Å². The lowest BCUT2D eigenvalue weighted by atomic mass is 10.0. The molecule has 0 fully saturated rings. The van der Waals surface area contributed by atoms with Gasteiger partial charge in [0.15, 0.2) is 0 Å². The van der Waals surface area contributed by atoms with Crippen molar-refractivity contribution in [3.05, 3.63) is 98.4 Å². The van der Waals surface area contributed by atoms with Gasteiger partial charge in [-0.05, 0) is 57.7 Å². The molecule has 0 bridgehead atoms. The fraction of sp³-hybridized carbons (Fsp3) is 0.241. The Balaban J connectivity index is 1.45. The Morgan fingerprint density at radius 1 is 1.20 bits per heavy atom. The summed E-state index contributed by atoms with van der Waals surface area (Å²) in [5.41, 5.74) is 5.04. The van der Waals surface area contributed by atoms with Gasteiger partial charge in [-0.15, -0.1) is 13.2 Å². The van der Waals surface area contributed by atoms with Crippen molar-refractivity contribution in [1.82, 2.24) is 19.8 Å². The average Bonchev–Trinajstić information content (AvgIpc) is 3.20. The van der Waals surface area contributed by atoms with E-state index in [9.17, 15) is 18.0 Å². The van der Waals surface area contributed by atoms with Gasteiger partial charge >= 0.3 is 12.4 Å². The number of carbonyl (C=O) groups is 1. The van der Waals surface area contributed by atoms with Crippen molar-refractivity contribution < 1.29 is 22.7 Å². The van der Waals surface area contributed by atoms with Gasteiger partial charge in [0.2, 0.25) is 0 Å². The van der Waals surface area contributed by atoms with Crippen LogP contribution in [0.5, 0.6) is 5.75 Å². The lowest BCUT2D eigenvalue weighted by molar-refractivity contribution is -0.274. The van der Waals surface area contributed by atoms with Crippen LogP contribution in [0.2, 0.25) is 5.15 Å². The van der Waals surface area contributed by atoms with E-state index in [2.05, 4.69) is 72.3 Å². The molecule has 1 amide bonds. The predicted molar refractivity (Wildman–Crippen MR) is 152 cm³/mol. The molecule has 0 unspecified atom stereocenters. The number of hydrogen-bond acceptors (Lipinski definition) is 4. The maximum absolute atomic E-state index is 13.5. The van der Waals surface area contributed by atoms with Crippen LogP contribution >= 0.6 is 27.5 Å². The van der Waals surface area contributed by atoms with Crippen molar-refractivity contribution in [3.63, 3.8) is 0 Å². The number of aromatic nitrogens is 2. The highest BCUT2D eigenvalue weighted by atomic mass is 79.9. The number of nitrogens with one attached hydrogen (secondary N) is 1. The quantitative estimate of drug-likeness (QED) is 0.224. The van der Waals surface area contributed by atoms with E-state index in [0.29, 0.717) is 42.1 Å². The molecule has 2 aromatic heterocycles. The fourth-order valence-corrected chi connectivity index (χ4v) is 5.45. The Bertz CT molecular complexity index is 1590. The number of pyridine rings is 1. The number of amides is 1. The van der Waals surface area contributed by atoms with Gasteiger partial charge in [0.1, 0.15) is 10.9 Å². The first-order valence-electron chi connectivity index (χ1n) is 12.5. The monoisotopic (exact) mass is 632 g/mol. The van der Waals surface area contributed by atoms with Crippen LogP contribution < -0.4 is 10.1 Å². The van der Waals surface area contributed by atoms with Crippen LogP contribution in [0.1, 0.15) is 27.9 Å². The number of benzene rings is 2. The third-order valence-electron chi connectivity index (χ3n) is 6.70. The predicted octanol–water partition coefficient (Wildman–Crippen LogP) is 7.49. The second kappa shape index (κ2) is 11.6. The third kappa shape index (κ3) is 6.51. The van der Waals surface area contributed by atoms with E-state index in [1.165, 1.54) is 22.4 Å². The molecule has 0 aliphatic carbocycles. The zero-order chi connectivity index (χ0) is 28.4. The minimum atomic E-state index is -4.88. The fourth-order valence-electron chi connectivity index (χ4n) is 4.83. The topological polar surface area (TPSA) is 59.4 Å². The maximum atomic E-state index is 13.5. The molecule has 0 radical (unpaired) electrons. The first kappa shape index (κ1) is 28.2. The molecule has 0 atom stereocenters. The summed E-state index contributed by atoms with van der Waals surface area (Å²) in [6, 6.07) is 14.0. The van der Waals surface area contributed by atoms with Gasteiger partial charge in [-0.25, -0.2) is 9.78 Å². The zero-order valence-corrected chi connectivity index (χ0v) is 23.8. The molecule has 4 aromatic rings. The van der Waals surface area contributed by atoms with Gasteiger partial charge in [-0.2, -0.15) is 0 Å². The lowest BCUT2D eigenvalue weighted by Gasteiger charge is -2.27. The SMILES string of the molecule is Cc1ccc(/C=C/CN2CCc3c(c4cc(Br)c(OC(F)(F)F)cc4n3C(=O)NCc3ccnc(Cl)c3)C2)cc1. The minimum absolute atomic E-state index is 0.153. The van der Waals surface area contributed by atoms with Crippen molar-refractivity contribution in [1.29, 1.82) is 0 Å². The number of alkyl halides is 3. The van der Waals surface area contributed by atoms with Crippen LogP contribution in [0.15, 0.2) is 65.3 Å². The van der Waals surface area contributed by atoms with Crippen LogP contribution in [-0.4, -0.2) is 39.9 Å². The number of fused-ring (bicyclic) bond motifs is 3. The molecule has 1 aliphatic heterocycles. The second-order valence-corrected chi connectivity index (χ2v) is 10.8. The molecule has 0 saturated heterocycles. The molecule has 6 nitrogen and oxygen atoms in total. The van der Waals surface area contributed by atoms with Crippen molar-refractivity contribution in [2.45, 2.75) is 32.8 Å². The first-order valence-corrected chi connectivity index (χ1v) is 13.7. The van der Waals surface area contributed by atoms with E-state index in [-0.39, 0.29) is 11.0 Å². The number of halogens is 5. The zero-order valence-electron chi connectivity index (χ0n) is 21.4. The van der Waals surface area contributed by atoms with E-state index in [1.54, 1.807) is 18.2 Å². The highest BCUT2D eigenvalue weighted by Gasteiger charge is 2.33. The average molecular weight is 634 g/mol. The molecule has 5 rings (SSSR count). The Labute approximate surface area is 242 Å². The van der Waals surface area contributed by atoms with Crippen LogP contribution in [-0.2, 0) is 19.5 Å². The largest absolute Gasteiger partial charge is 0.573 e. The van der Waals surface area contributed by atoms with Crippen molar-refractivity contribution in [3.8, 4) is 5.75 Å². The highest BCUT2D eigenvalue weighted by Crippen LogP contribution is 2.39. The number of aryl methyl sites for hydroxylation is 1. The standard InChI is InChI=1S/C29H25BrClF3N4O2/c1-18-4-6-19(7-5-18)3-2-11-37-12-9-24-22(17-37)21-14-23(30)26(40-29(32,33)34)15-25(21)38(24)28(39)36-16-20-8-10-35-27(31)13-20/h2-8,10,13-15H,9,11-12,16-17H2,1H3,(H,36,39)/b3-2+. The van der Waals surface area contributed by atoms with E-state index in [0.717, 1.165) is 22.4 Å². The Morgan fingerprint density at radius 2 is 1.98 bits per heavy atom. The van der Waals surface area contributed by atoms with Gasteiger partial charge in [0.05, 0.1) is 9.99 Å². The Kier molecular flexibility index (Phi) is 8.21. The van der Waals surface area contributed by atoms with Crippen LogP contribution in [0.3, 0.4) is 0 Å². The lowest BCUT2D eigenvalue weighted by Crippen LogP contribution is -2.34. The normalized spacial score (nSPS) is 14.1. The van der Waals surface area contributed by atoms with E-state index in [1.807, 2.05) is 6.92 Å². The maximum Gasteiger partial charge on any atom is 0.573 e. The van der Waals surface area contributed by atoms with Crippen LogP contribution in [0.4, 0.5) is 18.0 Å². The molecule has 2 aromatic carbocycles. The summed E-state index contributed by atoms with van der Waals surface area (Å²) in [7, 11) is 0. The second-order valence-electron chi connectivity index (χ2n) is 9.55. The van der Waals surface area contributed by atoms with Gasteiger partial charge in [0, 0.05) is 55.9 Å². The molecule has 11 heteroatoms. The molecule has 40 heavy (non-hydrogen) atoms. The first-order chi connectivity index (χ1) is 19.1. The molecule has 208 valence electrons. The van der Waals surface area contributed by atoms with Gasteiger partial charge in [0.25, 0.3) is 0 Å². The smallest absolute Gasteiger partial charge is 0.405 e. The summed E-state index contributed by atoms with van der Waals surface area (Å²) in [4.78, 5) is 19.6. The van der Waals surface area contributed by atoms with E-state index in [4.69, 9.17) is 11.6 Å². The summed E-state index contributed by atoms with van der Waals surface area (Å²) in [5, 5.41) is 3.84. The van der Waals surface area contributed by atoms with Gasteiger partial charge in [-0.3, -0.25) is 9.47 Å². The molecule has 1 aliphatic rings. The number of hydrogen-bond donors (Lipinski definition) is 1. The summed E-state index contributed by atoms with van der Waals surface area (Å²) in [6.07, 6.45) is 1.36. The van der Waals surface area contributed by atoms with Crippen LogP contribution in [0, 0.1) is 6.92 Å². The minimum Gasteiger partial charge on any atom is -0.405 e. The third-order valence-corrected chi connectivity index (χ3v) is 7.52. The highest BCUT2D eigenvalue weighted by molar-refractivity contribution is 9.10. The van der Waals surface area contributed by atoms with E-state index < -0.39 is 18.1 Å². The Morgan fingerprint density at radius 3 is 2.70 bits per heavy atom. The number of nitrogens with zero attached hydrogens (tertiary/aromatic N) is 3. The number of carbonyl (C=O) groups excluding carboxylic acids is 1. The molecule has 1 N–H and O–H groups in total. The Hall–Kier alpha value is -3.34. The molecule has 0 spiro atoms. The molecular formula is C29H25BrClF3N4O2. The van der Waals surface area contributed by atoms with E-state index >= 15 is 0 Å². The summed E-state index contributed by atoms with van der Waals surface area (Å²) in [5.74, 6) is -0.414. The summed E-state index contributed by atoms with van der Waals surface area (Å²) in [6.45, 7) is 4.12. The molecule has 3 heterocycles. The number of ether oxygens (including phenoxy) is 1. The van der Waals surface area contributed by atoms with Crippen molar-refractivity contribution >= 4 is 50.5 Å². The molecular weight excluding hydrogens is 609 g/mol. The van der Waals surface area contributed by atoms with Gasteiger partial charge in [-0.1, -0.05) is 53.6 Å². The van der Waals surface area contributed by atoms with Crippen LogP contribution in [0.25, 0.3) is 17.0 Å². The van der Waals surface area contributed by atoms with Gasteiger partial charge < -0.3 is 10.1 Å². The number of rotatable bonds is 6. The summed E-state index contributed by atoms with van der Waals surface area (Å²) >= 11 is 9.18. The molecule has 0 saturated carbocycles. The summed E-state index contributed by atoms with van der Waals surface area (Å²) < 4.78 is 45.2.